The molecular formula is C18H21IN2OS. The molecule has 0 spiro atoms. The highest BCUT2D eigenvalue weighted by Gasteiger charge is 2.19. The number of nitrogens with zero attached hydrogens (tertiary/aromatic N) is 2. The van der Waals surface area contributed by atoms with Crippen molar-refractivity contribution in [1.82, 2.24) is 9.80 Å². The molecule has 0 N–H and O–H groups in total. The molecule has 122 valence electrons. The molecule has 1 aromatic heterocycles. The Morgan fingerprint density at radius 2 is 2.04 bits per heavy atom. The van der Waals surface area contributed by atoms with E-state index in [1.54, 1.807) is 11.3 Å². The van der Waals surface area contributed by atoms with Gasteiger partial charge in [0.2, 0.25) is 5.91 Å². The van der Waals surface area contributed by atoms with Gasteiger partial charge in [0.05, 0.1) is 6.42 Å². The SMILES string of the molecule is O=C(Cc1cccs1)N1CCCN(Cc2cccc(I)c2)CC1. The van der Waals surface area contributed by atoms with Crippen LogP contribution in [0.2, 0.25) is 0 Å². The number of amides is 1. The summed E-state index contributed by atoms with van der Waals surface area (Å²) in [6.07, 6.45) is 1.61. The van der Waals surface area contributed by atoms with Gasteiger partial charge in [-0.1, -0.05) is 18.2 Å². The predicted octanol–water partition coefficient (Wildman–Crippen LogP) is 3.63. The first-order chi connectivity index (χ1) is 11.2. The molecule has 0 unspecified atom stereocenters. The number of hydrogen-bond acceptors (Lipinski definition) is 3. The molecule has 0 atom stereocenters. The lowest BCUT2D eigenvalue weighted by molar-refractivity contribution is -0.130. The van der Waals surface area contributed by atoms with E-state index in [9.17, 15) is 4.79 Å². The molecule has 5 heteroatoms. The summed E-state index contributed by atoms with van der Waals surface area (Å²) in [5.74, 6) is 0.267. The van der Waals surface area contributed by atoms with Crippen LogP contribution >= 0.6 is 33.9 Å². The molecule has 0 aliphatic carbocycles. The molecule has 0 saturated carbocycles. The highest BCUT2D eigenvalue weighted by atomic mass is 127. The fourth-order valence-electron chi connectivity index (χ4n) is 2.95. The quantitative estimate of drug-likeness (QED) is 0.679. The monoisotopic (exact) mass is 440 g/mol. The Morgan fingerprint density at radius 1 is 1.13 bits per heavy atom. The van der Waals surface area contributed by atoms with Crippen molar-refractivity contribution in [2.75, 3.05) is 26.2 Å². The topological polar surface area (TPSA) is 23.6 Å². The Morgan fingerprint density at radius 3 is 2.83 bits per heavy atom. The van der Waals surface area contributed by atoms with E-state index in [4.69, 9.17) is 0 Å². The zero-order chi connectivity index (χ0) is 16.1. The molecule has 0 radical (unpaired) electrons. The second-order valence-electron chi connectivity index (χ2n) is 5.90. The molecule has 3 nitrogen and oxygen atoms in total. The zero-order valence-corrected chi connectivity index (χ0v) is 16.1. The van der Waals surface area contributed by atoms with Gasteiger partial charge < -0.3 is 4.90 Å². The molecule has 0 bridgehead atoms. The van der Waals surface area contributed by atoms with Crippen LogP contribution in [0, 0.1) is 3.57 Å². The van der Waals surface area contributed by atoms with Crippen molar-refractivity contribution in [1.29, 1.82) is 0 Å². The van der Waals surface area contributed by atoms with E-state index in [2.05, 4.69) is 51.8 Å². The maximum atomic E-state index is 12.4. The van der Waals surface area contributed by atoms with Gasteiger partial charge in [0, 0.05) is 41.2 Å². The van der Waals surface area contributed by atoms with Crippen LogP contribution in [0.4, 0.5) is 0 Å². The Balaban J connectivity index is 1.53. The molecule has 1 aromatic carbocycles. The first-order valence-electron chi connectivity index (χ1n) is 7.98. The summed E-state index contributed by atoms with van der Waals surface area (Å²) in [5, 5.41) is 2.04. The summed E-state index contributed by atoms with van der Waals surface area (Å²) in [6.45, 7) is 4.72. The standard InChI is InChI=1S/C18H21IN2OS/c19-16-5-1-4-15(12-16)14-20-7-3-8-21(10-9-20)18(22)13-17-6-2-11-23-17/h1-2,4-6,11-12H,3,7-10,13-14H2. The van der Waals surface area contributed by atoms with E-state index < -0.39 is 0 Å². The summed E-state index contributed by atoms with van der Waals surface area (Å²) < 4.78 is 1.28. The molecule has 2 heterocycles. The zero-order valence-electron chi connectivity index (χ0n) is 13.1. The van der Waals surface area contributed by atoms with Gasteiger partial charge in [0.15, 0.2) is 0 Å². The third kappa shape index (κ3) is 5.02. The molecule has 23 heavy (non-hydrogen) atoms. The minimum Gasteiger partial charge on any atom is -0.341 e. The average Bonchev–Trinajstić information content (AvgIpc) is 2.92. The second kappa shape index (κ2) is 8.26. The van der Waals surface area contributed by atoms with Crippen molar-refractivity contribution in [2.24, 2.45) is 0 Å². The van der Waals surface area contributed by atoms with Gasteiger partial charge >= 0.3 is 0 Å². The van der Waals surface area contributed by atoms with Gasteiger partial charge in [-0.15, -0.1) is 11.3 Å². The van der Waals surface area contributed by atoms with Crippen LogP contribution in [0.25, 0.3) is 0 Å². The van der Waals surface area contributed by atoms with Crippen molar-refractivity contribution in [3.63, 3.8) is 0 Å². The van der Waals surface area contributed by atoms with Gasteiger partial charge in [-0.05, 0) is 58.2 Å². The van der Waals surface area contributed by atoms with Crippen molar-refractivity contribution < 1.29 is 4.79 Å². The number of halogens is 1. The van der Waals surface area contributed by atoms with E-state index >= 15 is 0 Å². The highest BCUT2D eigenvalue weighted by molar-refractivity contribution is 14.1. The fraction of sp³-hybridized carbons (Fsp3) is 0.389. The summed E-state index contributed by atoms with van der Waals surface area (Å²) in [6, 6.07) is 12.7. The molecule has 1 fully saturated rings. The molecule has 1 saturated heterocycles. The minimum absolute atomic E-state index is 0.267. The van der Waals surface area contributed by atoms with Gasteiger partial charge in [0.1, 0.15) is 0 Å². The normalized spacial score (nSPS) is 16.3. The van der Waals surface area contributed by atoms with Crippen LogP contribution in [0.3, 0.4) is 0 Å². The molecule has 1 amide bonds. The van der Waals surface area contributed by atoms with E-state index in [1.165, 1.54) is 9.13 Å². The first-order valence-corrected chi connectivity index (χ1v) is 9.93. The number of hydrogen-bond donors (Lipinski definition) is 0. The lowest BCUT2D eigenvalue weighted by Gasteiger charge is -2.22. The van der Waals surface area contributed by atoms with E-state index in [1.807, 2.05) is 22.4 Å². The number of rotatable bonds is 4. The molecule has 2 aromatic rings. The minimum atomic E-state index is 0.267. The largest absolute Gasteiger partial charge is 0.341 e. The maximum absolute atomic E-state index is 12.4. The Kier molecular flexibility index (Phi) is 6.08. The van der Waals surface area contributed by atoms with Crippen LogP contribution in [0.5, 0.6) is 0 Å². The fourth-order valence-corrected chi connectivity index (χ4v) is 4.25. The van der Waals surface area contributed by atoms with Crippen molar-refractivity contribution in [3.8, 4) is 0 Å². The number of benzene rings is 1. The highest BCUT2D eigenvalue weighted by Crippen LogP contribution is 2.14. The number of thiophene rings is 1. The Bertz CT molecular complexity index is 644. The molecule has 1 aliphatic heterocycles. The average molecular weight is 440 g/mol. The lowest BCUT2D eigenvalue weighted by atomic mass is 10.2. The predicted molar refractivity (Wildman–Crippen MR) is 104 cm³/mol. The number of carbonyl (C=O) groups is 1. The van der Waals surface area contributed by atoms with Crippen LogP contribution in [0.1, 0.15) is 16.9 Å². The second-order valence-corrected chi connectivity index (χ2v) is 8.17. The van der Waals surface area contributed by atoms with Crippen LogP contribution in [0.15, 0.2) is 41.8 Å². The summed E-state index contributed by atoms with van der Waals surface area (Å²) in [7, 11) is 0. The Hall–Kier alpha value is -0.920. The van der Waals surface area contributed by atoms with E-state index in [0.717, 1.165) is 44.0 Å². The molecular weight excluding hydrogens is 419 g/mol. The van der Waals surface area contributed by atoms with Crippen LogP contribution in [-0.4, -0.2) is 41.9 Å². The van der Waals surface area contributed by atoms with E-state index in [0.29, 0.717) is 6.42 Å². The van der Waals surface area contributed by atoms with Gasteiger partial charge in [-0.2, -0.15) is 0 Å². The smallest absolute Gasteiger partial charge is 0.227 e. The van der Waals surface area contributed by atoms with Gasteiger partial charge in [-0.25, -0.2) is 0 Å². The number of carbonyl (C=O) groups excluding carboxylic acids is 1. The molecule has 1 aliphatic rings. The van der Waals surface area contributed by atoms with Crippen LogP contribution in [-0.2, 0) is 17.8 Å². The summed E-state index contributed by atoms with van der Waals surface area (Å²) >= 11 is 4.02. The van der Waals surface area contributed by atoms with Crippen molar-refractivity contribution in [2.45, 2.75) is 19.4 Å². The molecule has 3 rings (SSSR count). The van der Waals surface area contributed by atoms with Gasteiger partial charge in [-0.3, -0.25) is 9.69 Å². The lowest BCUT2D eigenvalue weighted by Crippen LogP contribution is -2.35. The summed E-state index contributed by atoms with van der Waals surface area (Å²) in [5.41, 5.74) is 1.36. The Labute approximate surface area is 155 Å². The van der Waals surface area contributed by atoms with Crippen molar-refractivity contribution >= 4 is 39.8 Å². The summed E-state index contributed by atoms with van der Waals surface area (Å²) in [4.78, 5) is 18.1. The third-order valence-electron chi connectivity index (χ3n) is 4.14. The van der Waals surface area contributed by atoms with E-state index in [-0.39, 0.29) is 5.91 Å². The van der Waals surface area contributed by atoms with Crippen LogP contribution < -0.4 is 0 Å². The third-order valence-corrected chi connectivity index (χ3v) is 5.69. The van der Waals surface area contributed by atoms with Gasteiger partial charge in [0.25, 0.3) is 0 Å². The van der Waals surface area contributed by atoms with Crippen molar-refractivity contribution in [3.05, 3.63) is 55.8 Å². The maximum Gasteiger partial charge on any atom is 0.227 e. The first kappa shape index (κ1) is 16.9.